The van der Waals surface area contributed by atoms with E-state index in [0.29, 0.717) is 70.4 Å². The van der Waals surface area contributed by atoms with Crippen LogP contribution >= 0.6 is 0 Å². The van der Waals surface area contributed by atoms with E-state index in [9.17, 15) is 9.59 Å². The summed E-state index contributed by atoms with van der Waals surface area (Å²) in [6.07, 6.45) is 24.3. The third kappa shape index (κ3) is 7.41. The molecule has 4 heterocycles. The normalized spacial score (nSPS) is 52.6. The molecule has 6 saturated carbocycles. The molecule has 360 valence electrons. The number of hydrogen-bond donors (Lipinski definition) is 2. The third-order valence-electron chi connectivity index (χ3n) is 22.9. The summed E-state index contributed by atoms with van der Waals surface area (Å²) in [4.78, 5) is 24.3. The van der Waals surface area contributed by atoms with E-state index in [-0.39, 0.29) is 26.1 Å². The number of nitrogens with one attached hydrogen (secondary N) is 2. The quantitative estimate of drug-likeness (QED) is 0.186. The maximum absolute atomic E-state index is 12.2. The lowest BCUT2D eigenvalue weighted by molar-refractivity contribution is -0.130. The lowest BCUT2D eigenvalue weighted by Gasteiger charge is -2.52. The number of fused-ring (bicyclic) bond motifs is 12. The molecule has 4 aliphatic heterocycles. The molecule has 20 atom stereocenters. The molecular weight excluding hydrogens is 789 g/mol. The Labute approximate surface area is 391 Å². The summed E-state index contributed by atoms with van der Waals surface area (Å²) in [6, 6.07) is 1.10. The summed E-state index contributed by atoms with van der Waals surface area (Å²) in [7, 11) is 0. The average Bonchev–Trinajstić information content (AvgIpc) is 3.91. The van der Waals surface area contributed by atoms with Gasteiger partial charge in [0.1, 0.15) is 11.6 Å². The summed E-state index contributed by atoms with van der Waals surface area (Å²) < 4.78 is 14.0. The average molecular weight is 881 g/mol. The monoisotopic (exact) mass is 881 g/mol. The van der Waals surface area contributed by atoms with E-state index in [1.807, 2.05) is 11.1 Å². The van der Waals surface area contributed by atoms with Crippen LogP contribution in [0.1, 0.15) is 184 Å². The molecule has 0 aromatic carbocycles. The molecule has 0 amide bonds. The van der Waals surface area contributed by atoms with Crippen LogP contribution in [0.4, 0.5) is 0 Å². The Kier molecular flexibility index (Phi) is 12.9. The maximum Gasteiger partial charge on any atom is 0.133 e. The van der Waals surface area contributed by atoms with Gasteiger partial charge >= 0.3 is 0 Å². The highest BCUT2D eigenvalue weighted by Crippen LogP contribution is 2.67. The molecule has 12 rings (SSSR count). The SMILES string of the molecule is CC1=C2C[C@H]3[C@@H](CC[C@@H]4CC(=O)CC[C@@]43C)[C@@H]2CC[C@@]2(C1)O[C@@H]1C[C@H](C)CN[C@H]1[C@H]2C.CC1=C2C[C@H]3[C@@H](CC[C@H]4CC(=O)CC[C@@]43C)[C@@H]2CC[C@@]2(C1)O[C@@H]1C[C@H](C)CN[C@H]1[C@H]2C.[CH3-].[CH3-]. The summed E-state index contributed by atoms with van der Waals surface area (Å²) in [5.41, 5.74) is 7.89. The van der Waals surface area contributed by atoms with Crippen molar-refractivity contribution in [3.05, 3.63) is 37.1 Å². The number of carbonyl (C=O) groups is 2. The van der Waals surface area contributed by atoms with Gasteiger partial charge in [0.2, 0.25) is 0 Å². The van der Waals surface area contributed by atoms with Crippen molar-refractivity contribution in [2.24, 2.45) is 81.8 Å². The summed E-state index contributed by atoms with van der Waals surface area (Å²) in [6.45, 7) is 22.0. The van der Waals surface area contributed by atoms with Gasteiger partial charge in [-0.05, 0) is 200 Å². The van der Waals surface area contributed by atoms with Gasteiger partial charge in [-0.25, -0.2) is 0 Å². The second-order valence-electron chi connectivity index (χ2n) is 25.8. The fraction of sp³-hybridized carbons (Fsp3) is 0.862. The molecule has 6 nitrogen and oxygen atoms in total. The van der Waals surface area contributed by atoms with Crippen molar-refractivity contribution < 1.29 is 19.1 Å². The predicted octanol–water partition coefficient (Wildman–Crippen LogP) is 12.3. The van der Waals surface area contributed by atoms with Gasteiger partial charge in [-0.3, -0.25) is 9.59 Å². The van der Waals surface area contributed by atoms with Crippen LogP contribution in [0.2, 0.25) is 0 Å². The topological polar surface area (TPSA) is 76.7 Å². The second kappa shape index (κ2) is 17.3. The Morgan fingerprint density at radius 2 is 0.953 bits per heavy atom. The zero-order chi connectivity index (χ0) is 43.1. The lowest BCUT2D eigenvalue weighted by atomic mass is 9.52. The van der Waals surface area contributed by atoms with Gasteiger partial charge in [-0.15, -0.1) is 0 Å². The Hall–Kier alpha value is -1.34. The molecule has 8 aliphatic carbocycles. The molecule has 12 aliphatic rings. The van der Waals surface area contributed by atoms with Crippen molar-refractivity contribution in [2.45, 2.75) is 219 Å². The minimum atomic E-state index is 0. The Morgan fingerprint density at radius 1 is 0.547 bits per heavy atom. The molecule has 0 radical (unpaired) electrons. The highest BCUT2D eigenvalue weighted by molar-refractivity contribution is 5.80. The summed E-state index contributed by atoms with van der Waals surface area (Å²) in [5.74, 6) is 9.93. The number of ketones is 2. The maximum atomic E-state index is 12.2. The summed E-state index contributed by atoms with van der Waals surface area (Å²) >= 11 is 0. The van der Waals surface area contributed by atoms with Gasteiger partial charge in [0.25, 0.3) is 0 Å². The number of allylic oxidation sites excluding steroid dienone is 2. The molecule has 10 fully saturated rings. The van der Waals surface area contributed by atoms with Crippen LogP contribution in [0.3, 0.4) is 0 Å². The standard InChI is InChI=1S/2C28H43NO2.2CH3/c2*1-16-11-25-26(29-15-16)18(3)28(31-25)10-8-21-22-6-5-19-12-20(30)7-9-27(19,4)24(22)13-23(21)17(2)14-28;;/h2*16,18-19,21-22,24-26,29H,5-15H2,1-4H3;2*1H3/q;;2*-1/t16-,18+,19+,21-,22-,24-,25+,26-,27-,28-;16-,18+,19-,21-,22-,24-,25+,26-,27-,28-;;/m00../s1. The number of rotatable bonds is 0. The summed E-state index contributed by atoms with van der Waals surface area (Å²) in [5, 5.41) is 7.71. The fourth-order valence-corrected chi connectivity index (χ4v) is 19.2. The van der Waals surface area contributed by atoms with Crippen molar-refractivity contribution in [3.63, 3.8) is 0 Å². The lowest BCUT2D eigenvalue weighted by Crippen LogP contribution is -2.48. The zero-order valence-electron chi connectivity index (χ0n) is 42.4. The molecular formula is C58H92N2O4-2. The van der Waals surface area contributed by atoms with E-state index in [1.165, 1.54) is 77.0 Å². The van der Waals surface area contributed by atoms with Gasteiger partial charge in [0.15, 0.2) is 0 Å². The van der Waals surface area contributed by atoms with Gasteiger partial charge in [0.05, 0.1) is 23.4 Å². The first-order chi connectivity index (χ1) is 29.6. The molecule has 0 unspecified atom stereocenters. The van der Waals surface area contributed by atoms with Gasteiger partial charge in [-0.1, -0.05) is 63.8 Å². The molecule has 64 heavy (non-hydrogen) atoms. The van der Waals surface area contributed by atoms with E-state index in [2.05, 4.69) is 66.0 Å². The van der Waals surface area contributed by atoms with E-state index < -0.39 is 0 Å². The highest BCUT2D eigenvalue weighted by atomic mass is 16.5. The predicted molar refractivity (Wildman–Crippen MR) is 260 cm³/mol. The number of carbonyl (C=O) groups excluding carboxylic acids is 2. The smallest absolute Gasteiger partial charge is 0.133 e. The third-order valence-corrected chi connectivity index (χ3v) is 22.9. The van der Waals surface area contributed by atoms with Crippen LogP contribution in [0.5, 0.6) is 0 Å². The first kappa shape index (κ1) is 47.7. The Bertz CT molecular complexity index is 1740. The molecule has 0 aromatic rings. The first-order valence-corrected chi connectivity index (χ1v) is 26.8. The number of hydrogen-bond acceptors (Lipinski definition) is 6. The van der Waals surface area contributed by atoms with Gasteiger partial charge in [-0.2, -0.15) is 0 Å². The number of piperidine rings is 2. The van der Waals surface area contributed by atoms with Crippen molar-refractivity contribution in [3.8, 4) is 0 Å². The molecule has 6 heteroatoms. The molecule has 2 spiro atoms. The Morgan fingerprint density at radius 3 is 1.36 bits per heavy atom. The van der Waals surface area contributed by atoms with Crippen LogP contribution in [-0.4, -0.2) is 60.1 Å². The highest BCUT2D eigenvalue weighted by Gasteiger charge is 2.61. The van der Waals surface area contributed by atoms with Gasteiger partial charge < -0.3 is 35.0 Å². The number of ether oxygens (including phenoxy) is 2. The fourth-order valence-electron chi connectivity index (χ4n) is 19.2. The van der Waals surface area contributed by atoms with Crippen LogP contribution in [0, 0.1) is 96.7 Å². The van der Waals surface area contributed by atoms with Crippen molar-refractivity contribution in [1.29, 1.82) is 0 Å². The number of Topliss-reactive ketones (excluding diaryl/α,β-unsaturated/α-hetero) is 2. The van der Waals surface area contributed by atoms with Crippen LogP contribution in [0.25, 0.3) is 0 Å². The van der Waals surface area contributed by atoms with Crippen LogP contribution in [0.15, 0.2) is 22.3 Å². The van der Waals surface area contributed by atoms with Crippen molar-refractivity contribution >= 4 is 11.6 Å². The first-order valence-electron chi connectivity index (χ1n) is 26.8. The van der Waals surface area contributed by atoms with E-state index in [4.69, 9.17) is 9.47 Å². The van der Waals surface area contributed by atoms with Gasteiger partial charge in [0, 0.05) is 49.6 Å². The van der Waals surface area contributed by atoms with Crippen molar-refractivity contribution in [1.82, 2.24) is 10.6 Å². The van der Waals surface area contributed by atoms with Crippen LogP contribution in [-0.2, 0) is 19.1 Å². The molecule has 0 bridgehead atoms. The molecule has 2 N–H and O–H groups in total. The minimum Gasteiger partial charge on any atom is -0.369 e. The van der Waals surface area contributed by atoms with Crippen molar-refractivity contribution in [2.75, 3.05) is 13.1 Å². The Balaban J connectivity index is 0.000000157. The minimum absolute atomic E-state index is 0. The zero-order valence-corrected chi connectivity index (χ0v) is 42.4. The molecule has 0 aromatic heterocycles. The van der Waals surface area contributed by atoms with E-state index in [0.717, 1.165) is 112 Å². The van der Waals surface area contributed by atoms with Crippen LogP contribution < -0.4 is 10.6 Å². The largest absolute Gasteiger partial charge is 0.369 e. The molecule has 4 saturated heterocycles. The van der Waals surface area contributed by atoms with E-state index >= 15 is 0 Å². The van der Waals surface area contributed by atoms with E-state index in [1.54, 1.807) is 11.1 Å². The second-order valence-corrected chi connectivity index (χ2v) is 25.8.